The summed E-state index contributed by atoms with van der Waals surface area (Å²) in [5, 5.41) is 88.2. The van der Waals surface area contributed by atoms with Gasteiger partial charge >= 0.3 is 0 Å². The van der Waals surface area contributed by atoms with Crippen LogP contribution in [0.15, 0.2) is 18.2 Å². The Morgan fingerprint density at radius 1 is 0.926 bits per heavy atom. The van der Waals surface area contributed by atoms with E-state index in [1.54, 1.807) is 0 Å². The van der Waals surface area contributed by atoms with Crippen LogP contribution in [0.2, 0.25) is 0 Å². The Labute approximate surface area is 149 Å². The fourth-order valence-corrected chi connectivity index (χ4v) is 2.09. The molecule has 0 fully saturated rings. The molecule has 0 aliphatic heterocycles. The molecule has 0 aliphatic rings. The van der Waals surface area contributed by atoms with Gasteiger partial charge in [0.05, 0.1) is 29.1 Å². The van der Waals surface area contributed by atoms with E-state index in [-0.39, 0.29) is 0 Å². The van der Waals surface area contributed by atoms with Crippen molar-refractivity contribution in [3.05, 3.63) is 44.0 Å². The minimum absolute atomic E-state index is 0.506. The molecular formula is C13H16N2O12. The van der Waals surface area contributed by atoms with Gasteiger partial charge in [0, 0.05) is 17.7 Å². The Morgan fingerprint density at radius 2 is 1.37 bits per heavy atom. The molecule has 27 heavy (non-hydrogen) atoms. The Kier molecular flexibility index (Phi) is 6.63. The van der Waals surface area contributed by atoms with Gasteiger partial charge in [-0.25, -0.2) is 0 Å². The fraction of sp³-hybridized carbons (Fsp3) is 0.462. The van der Waals surface area contributed by atoms with Crippen molar-refractivity contribution in [3.8, 4) is 0 Å². The molecule has 0 spiro atoms. The number of carbonyl (C=O) groups is 1. The summed E-state index contributed by atoms with van der Waals surface area (Å²) in [5.41, 5.74) is -6.08. The topological polar surface area (TPSA) is 245 Å². The first-order chi connectivity index (χ1) is 12.3. The predicted molar refractivity (Wildman–Crippen MR) is 82.4 cm³/mol. The number of nitro benzene ring substituents is 2. The van der Waals surface area contributed by atoms with Gasteiger partial charge in [-0.15, -0.1) is 0 Å². The lowest BCUT2D eigenvalue weighted by molar-refractivity contribution is -0.394. The molecule has 1 rings (SSSR count). The molecule has 0 heterocycles. The highest BCUT2D eigenvalue weighted by atomic mass is 16.6. The van der Waals surface area contributed by atoms with E-state index in [0.29, 0.717) is 18.2 Å². The first kappa shape index (κ1) is 22.5. The number of ketones is 1. The number of benzene rings is 1. The maximum absolute atomic E-state index is 12.5. The van der Waals surface area contributed by atoms with Crippen molar-refractivity contribution in [1.82, 2.24) is 0 Å². The molecule has 1 aromatic carbocycles. The van der Waals surface area contributed by atoms with E-state index >= 15 is 0 Å². The number of nitro groups is 2. The van der Waals surface area contributed by atoms with Crippen molar-refractivity contribution in [2.45, 2.75) is 23.6 Å². The zero-order chi connectivity index (χ0) is 21.2. The second-order valence-electron chi connectivity index (χ2n) is 5.59. The van der Waals surface area contributed by atoms with E-state index in [9.17, 15) is 55.7 Å². The average molecular weight is 392 g/mol. The van der Waals surface area contributed by atoms with Gasteiger partial charge in [0.15, 0.2) is 11.4 Å². The quantitative estimate of drug-likeness (QED) is 0.0950. The summed E-state index contributed by atoms with van der Waals surface area (Å²) < 4.78 is 0. The van der Waals surface area contributed by atoms with Crippen LogP contribution in [0.3, 0.4) is 0 Å². The molecule has 3 atom stereocenters. The summed E-state index contributed by atoms with van der Waals surface area (Å²) in [6.45, 7) is -3.16. The second kappa shape index (κ2) is 7.97. The van der Waals surface area contributed by atoms with Gasteiger partial charge in [0.1, 0.15) is 12.2 Å². The van der Waals surface area contributed by atoms with Crippen molar-refractivity contribution >= 4 is 17.2 Å². The van der Waals surface area contributed by atoms with Crippen molar-refractivity contribution in [2.75, 3.05) is 13.2 Å². The largest absolute Gasteiger partial charge is 0.393 e. The number of hydrogen-bond donors (Lipinski definition) is 7. The number of non-ortho nitro benzene ring substituents is 2. The number of carbonyl (C=O) groups excluding carboxylic acids is 1. The normalized spacial score (nSPS) is 16.3. The van der Waals surface area contributed by atoms with Gasteiger partial charge in [-0.2, -0.15) is 0 Å². The minimum atomic E-state index is -3.39. The molecule has 3 unspecified atom stereocenters. The van der Waals surface area contributed by atoms with Crippen LogP contribution in [0.4, 0.5) is 11.4 Å². The highest BCUT2D eigenvalue weighted by Crippen LogP contribution is 2.28. The molecule has 14 heteroatoms. The Hall–Kier alpha value is -2.59. The molecule has 0 aliphatic carbocycles. The summed E-state index contributed by atoms with van der Waals surface area (Å²) in [6, 6.07) is 1.52. The van der Waals surface area contributed by atoms with Gasteiger partial charge < -0.3 is 35.7 Å². The van der Waals surface area contributed by atoms with Crippen molar-refractivity contribution < 1.29 is 50.4 Å². The maximum atomic E-state index is 12.5. The summed E-state index contributed by atoms with van der Waals surface area (Å²) in [4.78, 5) is 32.0. The van der Waals surface area contributed by atoms with Crippen LogP contribution in [0.5, 0.6) is 0 Å². The third-order valence-corrected chi connectivity index (χ3v) is 3.72. The highest BCUT2D eigenvalue weighted by molar-refractivity contribution is 6.04. The van der Waals surface area contributed by atoms with Crippen LogP contribution in [0.25, 0.3) is 0 Å². The smallest absolute Gasteiger partial charge is 0.277 e. The number of aliphatic hydroxyl groups is 7. The average Bonchev–Trinajstić information content (AvgIpc) is 2.64. The number of Topliss-reactive ketones (excluding diaryl/α,β-unsaturated/α-hetero) is 1. The van der Waals surface area contributed by atoms with E-state index < -0.39 is 69.4 Å². The zero-order valence-electron chi connectivity index (χ0n) is 13.4. The van der Waals surface area contributed by atoms with E-state index in [4.69, 9.17) is 5.11 Å². The van der Waals surface area contributed by atoms with E-state index in [2.05, 4.69) is 0 Å². The standard InChI is InChI=1S/C13H16N2O12/c16-4-12(21,10(19)11(20)13(22,23)5-17)9(18)6-1-7(14(24)25)3-8(2-6)15(26)27/h1-3,10-11,16-17,19-23H,4-5H2. The minimum Gasteiger partial charge on any atom is -0.393 e. The summed E-state index contributed by atoms with van der Waals surface area (Å²) in [7, 11) is 0. The van der Waals surface area contributed by atoms with Crippen LogP contribution < -0.4 is 0 Å². The molecule has 0 aromatic heterocycles. The molecule has 0 amide bonds. The summed E-state index contributed by atoms with van der Waals surface area (Å²) in [6.07, 6.45) is -5.59. The van der Waals surface area contributed by atoms with Crippen molar-refractivity contribution in [1.29, 1.82) is 0 Å². The van der Waals surface area contributed by atoms with Gasteiger partial charge in [-0.1, -0.05) is 0 Å². The van der Waals surface area contributed by atoms with Gasteiger partial charge in [0.2, 0.25) is 5.79 Å². The molecule has 0 radical (unpaired) electrons. The van der Waals surface area contributed by atoms with Gasteiger partial charge in [0.25, 0.3) is 11.4 Å². The zero-order valence-corrected chi connectivity index (χ0v) is 13.4. The third kappa shape index (κ3) is 4.40. The Bertz CT molecular complexity index is 719. The molecule has 1 aromatic rings. The number of rotatable bonds is 9. The summed E-state index contributed by atoms with van der Waals surface area (Å²) >= 11 is 0. The van der Waals surface area contributed by atoms with Crippen molar-refractivity contribution in [3.63, 3.8) is 0 Å². The molecule has 14 nitrogen and oxygen atoms in total. The van der Waals surface area contributed by atoms with Gasteiger partial charge in [-0.3, -0.25) is 25.0 Å². The number of hydrogen-bond acceptors (Lipinski definition) is 12. The molecule has 150 valence electrons. The molecule has 7 N–H and O–H groups in total. The molecular weight excluding hydrogens is 376 g/mol. The van der Waals surface area contributed by atoms with E-state index in [1.807, 2.05) is 0 Å². The lowest BCUT2D eigenvalue weighted by Gasteiger charge is -2.36. The maximum Gasteiger partial charge on any atom is 0.277 e. The number of aliphatic hydroxyl groups excluding tert-OH is 4. The van der Waals surface area contributed by atoms with Crippen LogP contribution in [-0.4, -0.2) is 88.2 Å². The van der Waals surface area contributed by atoms with Crippen LogP contribution >= 0.6 is 0 Å². The Morgan fingerprint density at radius 3 is 1.70 bits per heavy atom. The Balaban J connectivity index is 3.46. The van der Waals surface area contributed by atoms with Gasteiger partial charge in [-0.05, 0) is 0 Å². The highest BCUT2D eigenvalue weighted by Gasteiger charge is 2.52. The van der Waals surface area contributed by atoms with E-state index in [0.717, 1.165) is 0 Å². The molecule has 0 saturated heterocycles. The first-order valence-electron chi connectivity index (χ1n) is 7.05. The lowest BCUT2D eigenvalue weighted by atomic mass is 9.83. The van der Waals surface area contributed by atoms with Crippen LogP contribution in [-0.2, 0) is 0 Å². The molecule has 0 saturated carbocycles. The predicted octanol–water partition coefficient (Wildman–Crippen LogP) is -3.20. The second-order valence-corrected chi connectivity index (χ2v) is 5.59. The van der Waals surface area contributed by atoms with Crippen LogP contribution in [0.1, 0.15) is 10.4 Å². The van der Waals surface area contributed by atoms with Crippen molar-refractivity contribution in [2.24, 2.45) is 0 Å². The van der Waals surface area contributed by atoms with E-state index in [1.165, 1.54) is 0 Å². The first-order valence-corrected chi connectivity index (χ1v) is 7.05. The monoisotopic (exact) mass is 392 g/mol. The SMILES string of the molecule is O=C(c1cc([N+](=O)[O-])cc([N+](=O)[O-])c1)C(O)(CO)C(O)C(O)C(O)(O)CO. The molecule has 0 bridgehead atoms. The number of nitrogens with zero attached hydrogens (tertiary/aromatic N) is 2. The van der Waals surface area contributed by atoms with Crippen LogP contribution in [0, 0.1) is 20.2 Å². The third-order valence-electron chi connectivity index (χ3n) is 3.72. The lowest BCUT2D eigenvalue weighted by Crippen LogP contribution is -2.63. The fourth-order valence-electron chi connectivity index (χ4n) is 2.09. The summed E-state index contributed by atoms with van der Waals surface area (Å²) in [5.74, 6) is -5.09.